The van der Waals surface area contributed by atoms with Crippen LogP contribution in [0.5, 0.6) is 0 Å². The lowest BCUT2D eigenvalue weighted by molar-refractivity contribution is 1.00. The van der Waals surface area contributed by atoms with Gasteiger partial charge in [0.05, 0.1) is 11.6 Å². The molecule has 0 amide bonds. The lowest BCUT2D eigenvalue weighted by Gasteiger charge is -2.06. The molecule has 0 aliphatic carbocycles. The molecule has 0 saturated carbocycles. The fourth-order valence-corrected chi connectivity index (χ4v) is 1.58. The Balaban J connectivity index is 2.05. The van der Waals surface area contributed by atoms with E-state index in [1.165, 1.54) is 0 Å². The summed E-state index contributed by atoms with van der Waals surface area (Å²) in [5.41, 5.74) is 1.64. The summed E-state index contributed by atoms with van der Waals surface area (Å²) >= 11 is 5.77. The van der Waals surface area contributed by atoms with Crippen molar-refractivity contribution in [2.24, 2.45) is 0 Å². The van der Waals surface area contributed by atoms with Crippen LogP contribution in [0.4, 0.5) is 11.9 Å². The highest BCUT2D eigenvalue weighted by molar-refractivity contribution is 6.28. The summed E-state index contributed by atoms with van der Waals surface area (Å²) in [6.45, 7) is 0.537. The Labute approximate surface area is 115 Å². The van der Waals surface area contributed by atoms with Gasteiger partial charge in [0.15, 0.2) is 0 Å². The van der Waals surface area contributed by atoms with Gasteiger partial charge in [-0.25, -0.2) is 0 Å². The third kappa shape index (κ3) is 3.53. The van der Waals surface area contributed by atoms with Gasteiger partial charge in [-0.2, -0.15) is 20.2 Å². The standard InChI is InChI=1S/C12H11ClN6/c1-15-11-17-10(13)18-12(19-11)16-7-9-4-2-8(6-14)3-5-9/h2-5H,7H2,1H3,(H2,15,16,17,18,19). The first kappa shape index (κ1) is 13.1. The molecule has 0 bridgehead atoms. The number of rotatable bonds is 4. The largest absolute Gasteiger partial charge is 0.357 e. The van der Waals surface area contributed by atoms with Gasteiger partial charge in [-0.05, 0) is 29.3 Å². The Kier molecular flexibility index (Phi) is 4.11. The number of nitrogens with one attached hydrogen (secondary N) is 2. The van der Waals surface area contributed by atoms with Crippen molar-refractivity contribution in [2.75, 3.05) is 17.7 Å². The molecule has 7 heteroatoms. The molecule has 0 spiro atoms. The average Bonchev–Trinajstić information content (AvgIpc) is 2.45. The first-order valence-corrected chi connectivity index (χ1v) is 5.91. The monoisotopic (exact) mass is 274 g/mol. The molecular formula is C12H11ClN6. The predicted molar refractivity (Wildman–Crippen MR) is 72.9 cm³/mol. The van der Waals surface area contributed by atoms with Crippen molar-refractivity contribution < 1.29 is 0 Å². The van der Waals surface area contributed by atoms with Gasteiger partial charge in [0.2, 0.25) is 17.2 Å². The number of hydrogen-bond acceptors (Lipinski definition) is 6. The van der Waals surface area contributed by atoms with Gasteiger partial charge in [0.1, 0.15) is 0 Å². The summed E-state index contributed by atoms with van der Waals surface area (Å²) in [6, 6.07) is 9.33. The van der Waals surface area contributed by atoms with Gasteiger partial charge in [-0.15, -0.1) is 0 Å². The molecule has 6 nitrogen and oxygen atoms in total. The molecule has 0 radical (unpaired) electrons. The van der Waals surface area contributed by atoms with E-state index in [2.05, 4.69) is 31.7 Å². The molecule has 19 heavy (non-hydrogen) atoms. The minimum absolute atomic E-state index is 0.127. The summed E-state index contributed by atoms with van der Waals surface area (Å²) in [6.07, 6.45) is 0. The van der Waals surface area contributed by atoms with Crippen molar-refractivity contribution in [3.63, 3.8) is 0 Å². The smallest absolute Gasteiger partial charge is 0.229 e. The van der Waals surface area contributed by atoms with Gasteiger partial charge in [0.25, 0.3) is 0 Å². The van der Waals surface area contributed by atoms with Crippen LogP contribution >= 0.6 is 11.6 Å². The number of hydrogen-bond donors (Lipinski definition) is 2. The Morgan fingerprint density at radius 2 is 1.84 bits per heavy atom. The van der Waals surface area contributed by atoms with Crippen molar-refractivity contribution in [1.82, 2.24) is 15.0 Å². The summed E-state index contributed by atoms with van der Waals surface area (Å²) < 4.78 is 0. The number of aromatic nitrogens is 3. The van der Waals surface area contributed by atoms with Gasteiger partial charge in [-0.3, -0.25) is 0 Å². The van der Waals surface area contributed by atoms with Crippen molar-refractivity contribution >= 4 is 23.5 Å². The van der Waals surface area contributed by atoms with Crippen LogP contribution in [0.3, 0.4) is 0 Å². The maximum absolute atomic E-state index is 8.71. The van der Waals surface area contributed by atoms with Crippen LogP contribution in [0.2, 0.25) is 5.28 Å². The van der Waals surface area contributed by atoms with Crippen LogP contribution in [0.1, 0.15) is 11.1 Å². The molecule has 2 N–H and O–H groups in total. The lowest BCUT2D eigenvalue weighted by Crippen LogP contribution is -2.07. The zero-order valence-electron chi connectivity index (χ0n) is 10.2. The fourth-order valence-electron chi connectivity index (χ4n) is 1.42. The highest BCUT2D eigenvalue weighted by Gasteiger charge is 2.03. The van der Waals surface area contributed by atoms with Gasteiger partial charge in [-0.1, -0.05) is 12.1 Å². The van der Waals surface area contributed by atoms with E-state index in [-0.39, 0.29) is 5.28 Å². The lowest BCUT2D eigenvalue weighted by atomic mass is 10.1. The maximum Gasteiger partial charge on any atom is 0.229 e. The summed E-state index contributed by atoms with van der Waals surface area (Å²) in [4.78, 5) is 12.0. The zero-order chi connectivity index (χ0) is 13.7. The van der Waals surface area contributed by atoms with Gasteiger partial charge < -0.3 is 10.6 Å². The number of nitriles is 1. The van der Waals surface area contributed by atoms with E-state index in [4.69, 9.17) is 16.9 Å². The first-order chi connectivity index (χ1) is 9.21. The summed E-state index contributed by atoms with van der Waals surface area (Å²) in [7, 11) is 1.70. The second-order valence-corrected chi connectivity index (χ2v) is 4.00. The first-order valence-electron chi connectivity index (χ1n) is 5.53. The molecule has 1 aromatic heterocycles. The second kappa shape index (κ2) is 5.98. The molecule has 0 atom stereocenters. The molecule has 0 saturated heterocycles. The summed E-state index contributed by atoms with van der Waals surface area (Å²) in [5.74, 6) is 0.802. The van der Waals surface area contributed by atoms with E-state index in [9.17, 15) is 0 Å². The fraction of sp³-hybridized carbons (Fsp3) is 0.167. The number of benzene rings is 1. The van der Waals surface area contributed by atoms with Gasteiger partial charge in [0, 0.05) is 13.6 Å². The normalized spacial score (nSPS) is 9.74. The van der Waals surface area contributed by atoms with Crippen LogP contribution in [0, 0.1) is 11.3 Å². The Hall–Kier alpha value is -2.39. The Bertz CT molecular complexity index is 605. The van der Waals surface area contributed by atoms with Crippen molar-refractivity contribution in [3.8, 4) is 6.07 Å². The molecule has 1 heterocycles. The molecule has 2 rings (SSSR count). The van der Waals surface area contributed by atoms with E-state index < -0.39 is 0 Å². The molecular weight excluding hydrogens is 264 g/mol. The van der Waals surface area contributed by atoms with Crippen LogP contribution in [-0.4, -0.2) is 22.0 Å². The Morgan fingerprint density at radius 3 is 2.47 bits per heavy atom. The molecule has 96 valence electrons. The Morgan fingerprint density at radius 1 is 1.16 bits per heavy atom. The minimum Gasteiger partial charge on any atom is -0.357 e. The van der Waals surface area contributed by atoms with E-state index in [0.717, 1.165) is 5.56 Å². The number of anilines is 2. The van der Waals surface area contributed by atoms with E-state index >= 15 is 0 Å². The van der Waals surface area contributed by atoms with Crippen LogP contribution in [0.15, 0.2) is 24.3 Å². The van der Waals surface area contributed by atoms with E-state index in [1.807, 2.05) is 12.1 Å². The highest BCUT2D eigenvalue weighted by atomic mass is 35.5. The van der Waals surface area contributed by atoms with Crippen molar-refractivity contribution in [2.45, 2.75) is 6.54 Å². The maximum atomic E-state index is 8.71. The molecule has 0 unspecified atom stereocenters. The molecule has 0 aliphatic heterocycles. The van der Waals surface area contributed by atoms with Crippen molar-refractivity contribution in [1.29, 1.82) is 5.26 Å². The molecule has 2 aromatic rings. The van der Waals surface area contributed by atoms with E-state index in [0.29, 0.717) is 24.0 Å². The predicted octanol–water partition coefficient (Wildman–Crippen LogP) is 2.05. The van der Waals surface area contributed by atoms with E-state index in [1.54, 1.807) is 19.2 Å². The minimum atomic E-state index is 0.127. The third-order valence-corrected chi connectivity index (χ3v) is 2.53. The third-order valence-electron chi connectivity index (χ3n) is 2.37. The quantitative estimate of drug-likeness (QED) is 0.887. The molecule has 1 aromatic carbocycles. The van der Waals surface area contributed by atoms with Crippen LogP contribution < -0.4 is 10.6 Å². The van der Waals surface area contributed by atoms with Crippen LogP contribution in [-0.2, 0) is 6.54 Å². The molecule has 0 fully saturated rings. The molecule has 0 aliphatic rings. The second-order valence-electron chi connectivity index (χ2n) is 3.66. The van der Waals surface area contributed by atoms with Gasteiger partial charge >= 0.3 is 0 Å². The SMILES string of the molecule is CNc1nc(Cl)nc(NCc2ccc(C#N)cc2)n1. The number of nitrogens with zero attached hydrogens (tertiary/aromatic N) is 4. The average molecular weight is 275 g/mol. The zero-order valence-corrected chi connectivity index (χ0v) is 10.9. The number of halogens is 1. The van der Waals surface area contributed by atoms with Crippen LogP contribution in [0.25, 0.3) is 0 Å². The topological polar surface area (TPSA) is 86.5 Å². The highest BCUT2D eigenvalue weighted by Crippen LogP contribution is 2.10. The summed E-state index contributed by atoms with van der Waals surface area (Å²) in [5, 5.41) is 14.7. The van der Waals surface area contributed by atoms with Crippen molar-refractivity contribution in [3.05, 3.63) is 40.7 Å².